The van der Waals surface area contributed by atoms with Gasteiger partial charge in [0.25, 0.3) is 5.91 Å². The van der Waals surface area contributed by atoms with Crippen LogP contribution in [0.1, 0.15) is 17.6 Å². The van der Waals surface area contributed by atoms with Crippen molar-refractivity contribution in [3.63, 3.8) is 0 Å². The monoisotopic (exact) mass is 304 g/mol. The van der Waals surface area contributed by atoms with Gasteiger partial charge in [-0.3, -0.25) is 4.79 Å². The van der Waals surface area contributed by atoms with Gasteiger partial charge in [0, 0.05) is 11.1 Å². The topological polar surface area (TPSA) is 60.5 Å². The number of nitrogens with one attached hydrogen (secondary N) is 1. The first-order valence-corrected chi connectivity index (χ1v) is 7.62. The zero-order valence-corrected chi connectivity index (χ0v) is 12.6. The standard InChI is InChI=1S/C15H16N2O3S/c1-9-8-21-13(17-9)7-16-15(18)14-10(2)19-11-5-3-4-6-12(11)20-14/h3-6,8,10,14H,7H2,1-2H3,(H,16,18)/t10-,14-/m1/s1. The van der Waals surface area contributed by atoms with Crippen molar-refractivity contribution in [1.82, 2.24) is 10.3 Å². The number of aromatic nitrogens is 1. The van der Waals surface area contributed by atoms with E-state index < -0.39 is 6.10 Å². The number of aryl methyl sites for hydroxylation is 1. The van der Waals surface area contributed by atoms with Crippen LogP contribution in [-0.2, 0) is 11.3 Å². The summed E-state index contributed by atoms with van der Waals surface area (Å²) < 4.78 is 11.5. The molecule has 1 aromatic carbocycles. The van der Waals surface area contributed by atoms with Crippen molar-refractivity contribution < 1.29 is 14.3 Å². The fraction of sp³-hybridized carbons (Fsp3) is 0.333. The first kappa shape index (κ1) is 13.9. The van der Waals surface area contributed by atoms with Crippen molar-refractivity contribution in [3.8, 4) is 11.5 Å². The van der Waals surface area contributed by atoms with Crippen molar-refractivity contribution in [2.24, 2.45) is 0 Å². The molecule has 1 aliphatic rings. The summed E-state index contributed by atoms with van der Waals surface area (Å²) in [6.45, 7) is 4.16. The van der Waals surface area contributed by atoms with E-state index in [4.69, 9.17) is 9.47 Å². The fourth-order valence-electron chi connectivity index (χ4n) is 2.15. The maximum absolute atomic E-state index is 12.3. The summed E-state index contributed by atoms with van der Waals surface area (Å²) in [5.74, 6) is 1.08. The number of thiazole rings is 1. The smallest absolute Gasteiger partial charge is 0.265 e. The molecule has 0 unspecified atom stereocenters. The van der Waals surface area contributed by atoms with E-state index in [-0.39, 0.29) is 12.0 Å². The normalized spacial score (nSPS) is 20.1. The van der Waals surface area contributed by atoms with E-state index in [9.17, 15) is 4.79 Å². The lowest BCUT2D eigenvalue weighted by atomic mass is 10.1. The van der Waals surface area contributed by atoms with Crippen LogP contribution < -0.4 is 14.8 Å². The van der Waals surface area contributed by atoms with Gasteiger partial charge in [-0.15, -0.1) is 11.3 Å². The molecule has 1 amide bonds. The Morgan fingerprint density at radius 3 is 2.71 bits per heavy atom. The van der Waals surface area contributed by atoms with Gasteiger partial charge in [0.05, 0.1) is 6.54 Å². The number of carbonyl (C=O) groups is 1. The Morgan fingerprint density at radius 1 is 1.33 bits per heavy atom. The Kier molecular flexibility index (Phi) is 3.79. The number of fused-ring (bicyclic) bond motifs is 1. The molecule has 1 aromatic heterocycles. The van der Waals surface area contributed by atoms with Crippen molar-refractivity contribution in [2.45, 2.75) is 32.6 Å². The molecule has 6 heteroatoms. The lowest BCUT2D eigenvalue weighted by Gasteiger charge is -2.30. The first-order chi connectivity index (χ1) is 10.1. The number of carbonyl (C=O) groups excluding carboxylic acids is 1. The minimum absolute atomic E-state index is 0.190. The maximum Gasteiger partial charge on any atom is 0.265 e. The molecule has 21 heavy (non-hydrogen) atoms. The van der Waals surface area contributed by atoms with Gasteiger partial charge in [-0.1, -0.05) is 12.1 Å². The Morgan fingerprint density at radius 2 is 2.05 bits per heavy atom. The number of benzene rings is 1. The van der Waals surface area contributed by atoms with E-state index in [1.165, 1.54) is 11.3 Å². The minimum atomic E-state index is -0.652. The quantitative estimate of drug-likeness (QED) is 0.945. The second-order valence-electron chi connectivity index (χ2n) is 4.91. The number of nitrogens with zero attached hydrogens (tertiary/aromatic N) is 1. The number of hydrogen-bond acceptors (Lipinski definition) is 5. The minimum Gasteiger partial charge on any atom is -0.482 e. The number of ether oxygens (including phenoxy) is 2. The molecular formula is C15H16N2O3S. The van der Waals surface area contributed by atoms with Crippen LogP contribution in [0.3, 0.4) is 0 Å². The molecule has 1 N–H and O–H groups in total. The molecule has 0 bridgehead atoms. The highest BCUT2D eigenvalue weighted by Crippen LogP contribution is 2.33. The fourth-order valence-corrected chi connectivity index (χ4v) is 2.86. The molecule has 3 rings (SSSR count). The number of rotatable bonds is 3. The van der Waals surface area contributed by atoms with E-state index in [1.54, 1.807) is 6.07 Å². The van der Waals surface area contributed by atoms with Gasteiger partial charge in [-0.25, -0.2) is 4.98 Å². The third-order valence-corrected chi connectivity index (χ3v) is 4.15. The highest BCUT2D eigenvalue weighted by Gasteiger charge is 2.33. The van der Waals surface area contributed by atoms with Crippen molar-refractivity contribution in [3.05, 3.63) is 40.3 Å². The predicted molar refractivity (Wildman–Crippen MR) is 79.6 cm³/mol. The predicted octanol–water partition coefficient (Wildman–Crippen LogP) is 2.30. The van der Waals surface area contributed by atoms with Crippen LogP contribution in [0.5, 0.6) is 11.5 Å². The summed E-state index contributed by atoms with van der Waals surface area (Å²) in [6, 6.07) is 7.36. The first-order valence-electron chi connectivity index (χ1n) is 6.74. The number of amides is 1. The van der Waals surface area contributed by atoms with Crippen LogP contribution in [0.4, 0.5) is 0 Å². The highest BCUT2D eigenvalue weighted by molar-refractivity contribution is 7.09. The average Bonchev–Trinajstić information content (AvgIpc) is 2.89. The summed E-state index contributed by atoms with van der Waals surface area (Å²) in [4.78, 5) is 16.6. The van der Waals surface area contributed by atoms with Crippen molar-refractivity contribution in [2.75, 3.05) is 0 Å². The average molecular weight is 304 g/mol. The van der Waals surface area contributed by atoms with Crippen LogP contribution in [0.25, 0.3) is 0 Å². The van der Waals surface area contributed by atoms with Gasteiger partial charge in [0.1, 0.15) is 11.1 Å². The van der Waals surface area contributed by atoms with E-state index in [2.05, 4.69) is 10.3 Å². The number of hydrogen-bond donors (Lipinski definition) is 1. The molecular weight excluding hydrogens is 288 g/mol. The second-order valence-corrected chi connectivity index (χ2v) is 5.85. The van der Waals surface area contributed by atoms with Gasteiger partial charge < -0.3 is 14.8 Å². The zero-order chi connectivity index (χ0) is 14.8. The Labute approximate surface area is 126 Å². The number of para-hydroxylation sites is 2. The molecule has 5 nitrogen and oxygen atoms in total. The largest absolute Gasteiger partial charge is 0.482 e. The summed E-state index contributed by atoms with van der Waals surface area (Å²) >= 11 is 1.53. The van der Waals surface area contributed by atoms with E-state index >= 15 is 0 Å². The molecule has 2 aromatic rings. The second kappa shape index (κ2) is 5.73. The Hall–Kier alpha value is -2.08. The Balaban J connectivity index is 1.65. The van der Waals surface area contributed by atoms with Crippen LogP contribution in [0, 0.1) is 6.92 Å². The van der Waals surface area contributed by atoms with Crippen LogP contribution in [-0.4, -0.2) is 23.1 Å². The molecule has 0 saturated heterocycles. The SMILES string of the molecule is Cc1csc(CNC(=O)[C@@H]2Oc3ccccc3O[C@@H]2C)n1. The molecule has 0 aliphatic carbocycles. The van der Waals surface area contributed by atoms with Gasteiger partial charge >= 0.3 is 0 Å². The third-order valence-electron chi connectivity index (χ3n) is 3.18. The van der Waals surface area contributed by atoms with E-state index in [1.807, 2.05) is 37.4 Å². The molecule has 0 fully saturated rings. The molecule has 0 radical (unpaired) electrons. The van der Waals surface area contributed by atoms with Crippen LogP contribution in [0.2, 0.25) is 0 Å². The highest BCUT2D eigenvalue weighted by atomic mass is 32.1. The zero-order valence-electron chi connectivity index (χ0n) is 11.8. The summed E-state index contributed by atoms with van der Waals surface area (Å²) in [5.41, 5.74) is 0.962. The third kappa shape index (κ3) is 3.00. The molecule has 2 atom stereocenters. The molecule has 0 spiro atoms. The maximum atomic E-state index is 12.3. The van der Waals surface area contributed by atoms with Crippen LogP contribution >= 0.6 is 11.3 Å². The lowest BCUT2D eigenvalue weighted by Crippen LogP contribution is -2.48. The van der Waals surface area contributed by atoms with Crippen LogP contribution in [0.15, 0.2) is 29.6 Å². The van der Waals surface area contributed by atoms with Gasteiger partial charge in [-0.05, 0) is 26.0 Å². The Bertz CT molecular complexity index is 656. The molecule has 1 aliphatic heterocycles. The van der Waals surface area contributed by atoms with Gasteiger partial charge in [-0.2, -0.15) is 0 Å². The summed E-state index contributed by atoms with van der Waals surface area (Å²) in [5, 5.41) is 5.69. The molecule has 2 heterocycles. The van der Waals surface area contributed by atoms with Crippen molar-refractivity contribution >= 4 is 17.2 Å². The van der Waals surface area contributed by atoms with Gasteiger partial charge in [0.2, 0.25) is 6.10 Å². The lowest BCUT2D eigenvalue weighted by molar-refractivity contribution is -0.133. The summed E-state index contributed by atoms with van der Waals surface area (Å²) in [7, 11) is 0. The van der Waals surface area contributed by atoms with E-state index in [0.717, 1.165) is 10.7 Å². The molecule has 110 valence electrons. The van der Waals surface area contributed by atoms with Gasteiger partial charge in [0.15, 0.2) is 11.5 Å². The summed E-state index contributed by atoms with van der Waals surface area (Å²) in [6.07, 6.45) is -0.987. The van der Waals surface area contributed by atoms with Crippen molar-refractivity contribution in [1.29, 1.82) is 0 Å². The molecule has 0 saturated carbocycles. The van der Waals surface area contributed by atoms with E-state index in [0.29, 0.717) is 18.0 Å².